The van der Waals surface area contributed by atoms with E-state index in [1.54, 1.807) is 53.7 Å². The maximum Gasteiger partial charge on any atom is 0.258 e. The van der Waals surface area contributed by atoms with Crippen LogP contribution in [0.4, 0.5) is 11.4 Å². The van der Waals surface area contributed by atoms with E-state index < -0.39 is 0 Å². The molecule has 1 aliphatic rings. The SMILES string of the molecule is Cc1cc(Cl)ccc1C(=O)Nc1ccc(C(=O)N2CCc3nncn3-c3ccccc32)cc1. The van der Waals surface area contributed by atoms with Gasteiger partial charge in [0.15, 0.2) is 0 Å². The number of para-hydroxylation sites is 2. The van der Waals surface area contributed by atoms with E-state index in [-0.39, 0.29) is 11.8 Å². The van der Waals surface area contributed by atoms with Gasteiger partial charge < -0.3 is 10.2 Å². The topological polar surface area (TPSA) is 80.1 Å². The maximum atomic E-state index is 13.4. The first-order valence-electron chi connectivity index (χ1n) is 10.5. The van der Waals surface area contributed by atoms with E-state index in [1.807, 2.05) is 35.8 Å². The molecule has 2 amide bonds. The smallest absolute Gasteiger partial charge is 0.258 e. The Morgan fingerprint density at radius 2 is 1.76 bits per heavy atom. The van der Waals surface area contributed by atoms with Crippen LogP contribution < -0.4 is 10.2 Å². The van der Waals surface area contributed by atoms with E-state index in [4.69, 9.17) is 11.6 Å². The predicted molar refractivity (Wildman–Crippen MR) is 127 cm³/mol. The fourth-order valence-electron chi connectivity index (χ4n) is 4.00. The summed E-state index contributed by atoms with van der Waals surface area (Å²) >= 11 is 5.98. The molecule has 7 nitrogen and oxygen atoms in total. The average Bonchev–Trinajstić information content (AvgIpc) is 3.22. The van der Waals surface area contributed by atoms with Crippen LogP contribution in [0, 0.1) is 6.92 Å². The summed E-state index contributed by atoms with van der Waals surface area (Å²) in [5, 5.41) is 11.6. The molecule has 0 saturated heterocycles. The lowest BCUT2D eigenvalue weighted by molar-refractivity contribution is 0.0986. The third-order valence-corrected chi connectivity index (χ3v) is 5.91. The molecule has 1 aliphatic heterocycles. The highest BCUT2D eigenvalue weighted by Crippen LogP contribution is 2.29. The molecular formula is C25H20ClN5O2. The summed E-state index contributed by atoms with van der Waals surface area (Å²) in [5.41, 5.74) is 4.15. The van der Waals surface area contributed by atoms with E-state index in [0.717, 1.165) is 22.8 Å². The number of rotatable bonds is 3. The predicted octanol–water partition coefficient (Wildman–Crippen LogP) is 4.68. The molecule has 0 aliphatic carbocycles. The average molecular weight is 458 g/mol. The number of carbonyl (C=O) groups is 2. The molecule has 0 bridgehead atoms. The van der Waals surface area contributed by atoms with Crippen molar-refractivity contribution in [1.82, 2.24) is 14.8 Å². The van der Waals surface area contributed by atoms with Crippen molar-refractivity contribution in [1.29, 1.82) is 0 Å². The Bertz CT molecular complexity index is 1360. The normalized spacial score (nSPS) is 12.5. The van der Waals surface area contributed by atoms with E-state index in [0.29, 0.717) is 34.8 Å². The zero-order chi connectivity index (χ0) is 22.9. The van der Waals surface area contributed by atoms with Gasteiger partial charge in [-0.3, -0.25) is 14.2 Å². The van der Waals surface area contributed by atoms with E-state index in [9.17, 15) is 9.59 Å². The van der Waals surface area contributed by atoms with Crippen LogP contribution in [0.3, 0.4) is 0 Å². The summed E-state index contributed by atoms with van der Waals surface area (Å²) in [5.74, 6) is 0.466. The highest BCUT2D eigenvalue weighted by atomic mass is 35.5. The van der Waals surface area contributed by atoms with Gasteiger partial charge in [-0.15, -0.1) is 10.2 Å². The van der Waals surface area contributed by atoms with Gasteiger partial charge in [0.25, 0.3) is 11.8 Å². The zero-order valence-electron chi connectivity index (χ0n) is 17.8. The van der Waals surface area contributed by atoms with Gasteiger partial charge in [0, 0.05) is 34.8 Å². The van der Waals surface area contributed by atoms with Gasteiger partial charge in [0.05, 0.1) is 11.4 Å². The van der Waals surface area contributed by atoms with Crippen molar-refractivity contribution < 1.29 is 9.59 Å². The Balaban J connectivity index is 1.37. The minimum absolute atomic E-state index is 0.118. The first-order valence-corrected chi connectivity index (χ1v) is 10.9. The molecular weight excluding hydrogens is 438 g/mol. The number of hydrogen-bond donors (Lipinski definition) is 1. The Labute approximate surface area is 195 Å². The van der Waals surface area contributed by atoms with Crippen molar-refractivity contribution in [2.45, 2.75) is 13.3 Å². The third kappa shape index (κ3) is 3.99. The van der Waals surface area contributed by atoms with Crippen molar-refractivity contribution in [3.63, 3.8) is 0 Å². The summed E-state index contributed by atoms with van der Waals surface area (Å²) in [7, 11) is 0. The highest BCUT2D eigenvalue weighted by molar-refractivity contribution is 6.30. The number of nitrogens with one attached hydrogen (secondary N) is 1. The van der Waals surface area contributed by atoms with Gasteiger partial charge in [-0.1, -0.05) is 23.7 Å². The minimum Gasteiger partial charge on any atom is -0.322 e. The van der Waals surface area contributed by atoms with Crippen molar-refractivity contribution in [2.24, 2.45) is 0 Å². The number of fused-ring (bicyclic) bond motifs is 3. The first kappa shape index (κ1) is 20.9. The standard InChI is InChI=1S/C25H20ClN5O2/c1-16-14-18(26)8-11-20(16)24(32)28-19-9-6-17(7-10-19)25(33)30-13-12-23-29-27-15-31(23)22-5-3-2-4-21(22)30/h2-11,14-15H,12-13H2,1H3,(H,28,32). The minimum atomic E-state index is -0.229. The van der Waals surface area contributed by atoms with Gasteiger partial charge in [0.2, 0.25) is 0 Å². The van der Waals surface area contributed by atoms with Crippen molar-refractivity contribution in [3.8, 4) is 5.69 Å². The molecule has 33 heavy (non-hydrogen) atoms. The molecule has 2 heterocycles. The van der Waals surface area contributed by atoms with Crippen molar-refractivity contribution >= 4 is 34.8 Å². The molecule has 0 radical (unpaired) electrons. The molecule has 0 spiro atoms. The monoisotopic (exact) mass is 457 g/mol. The van der Waals surface area contributed by atoms with Gasteiger partial charge >= 0.3 is 0 Å². The second-order valence-corrected chi connectivity index (χ2v) is 8.24. The summed E-state index contributed by atoms with van der Waals surface area (Å²) in [4.78, 5) is 27.8. The second kappa shape index (κ2) is 8.52. The number of hydrogen-bond acceptors (Lipinski definition) is 4. The fourth-order valence-corrected chi connectivity index (χ4v) is 4.23. The van der Waals surface area contributed by atoms with Crippen LogP contribution >= 0.6 is 11.6 Å². The van der Waals surface area contributed by atoms with Crippen LogP contribution in [0.25, 0.3) is 5.69 Å². The highest BCUT2D eigenvalue weighted by Gasteiger charge is 2.25. The lowest BCUT2D eigenvalue weighted by Crippen LogP contribution is -2.32. The van der Waals surface area contributed by atoms with Crippen molar-refractivity contribution in [3.05, 3.63) is 101 Å². The number of carbonyl (C=O) groups excluding carboxylic acids is 2. The van der Waals surface area contributed by atoms with Crippen LogP contribution in [0.2, 0.25) is 5.02 Å². The number of anilines is 2. The van der Waals surface area contributed by atoms with E-state index in [1.165, 1.54) is 0 Å². The lowest BCUT2D eigenvalue weighted by atomic mass is 10.1. The Hall–Kier alpha value is -3.97. The Morgan fingerprint density at radius 3 is 2.52 bits per heavy atom. The van der Waals surface area contributed by atoms with Gasteiger partial charge in [-0.05, 0) is 67.1 Å². The molecule has 164 valence electrons. The van der Waals surface area contributed by atoms with Gasteiger partial charge in [-0.2, -0.15) is 0 Å². The summed E-state index contributed by atoms with van der Waals surface area (Å²) in [6.45, 7) is 2.33. The third-order valence-electron chi connectivity index (χ3n) is 5.68. The maximum absolute atomic E-state index is 13.4. The second-order valence-electron chi connectivity index (χ2n) is 7.80. The van der Waals surface area contributed by atoms with E-state index in [2.05, 4.69) is 15.5 Å². The number of aromatic nitrogens is 3. The fraction of sp³-hybridized carbons (Fsp3) is 0.120. The van der Waals surface area contributed by atoms with Gasteiger partial charge in [0.1, 0.15) is 12.2 Å². The quantitative estimate of drug-likeness (QED) is 0.484. The summed E-state index contributed by atoms with van der Waals surface area (Å²) < 4.78 is 1.92. The molecule has 1 aromatic heterocycles. The number of benzene rings is 3. The molecule has 3 aromatic carbocycles. The number of nitrogens with zero attached hydrogens (tertiary/aromatic N) is 4. The molecule has 0 saturated carbocycles. The largest absolute Gasteiger partial charge is 0.322 e. The van der Waals surface area contributed by atoms with Crippen molar-refractivity contribution in [2.75, 3.05) is 16.8 Å². The van der Waals surface area contributed by atoms with Crippen LogP contribution in [0.15, 0.2) is 73.1 Å². The molecule has 0 unspecified atom stereocenters. The van der Waals surface area contributed by atoms with Crippen LogP contribution in [0.5, 0.6) is 0 Å². The number of aryl methyl sites for hydroxylation is 1. The lowest BCUT2D eigenvalue weighted by Gasteiger charge is -2.23. The molecule has 1 N–H and O–H groups in total. The Kier molecular flexibility index (Phi) is 5.40. The van der Waals surface area contributed by atoms with Gasteiger partial charge in [-0.25, -0.2) is 0 Å². The first-order chi connectivity index (χ1) is 16.0. The zero-order valence-corrected chi connectivity index (χ0v) is 18.6. The van der Waals surface area contributed by atoms with E-state index >= 15 is 0 Å². The molecule has 0 atom stereocenters. The summed E-state index contributed by atoms with van der Waals surface area (Å²) in [6.07, 6.45) is 2.26. The molecule has 5 rings (SSSR count). The summed E-state index contributed by atoms with van der Waals surface area (Å²) in [6, 6.07) is 19.7. The number of halogens is 1. The molecule has 0 fully saturated rings. The number of amides is 2. The van der Waals surface area contributed by atoms with Crippen LogP contribution in [-0.2, 0) is 6.42 Å². The van der Waals surface area contributed by atoms with Crippen LogP contribution in [0.1, 0.15) is 32.1 Å². The molecule has 4 aromatic rings. The van der Waals surface area contributed by atoms with Crippen LogP contribution in [-0.4, -0.2) is 33.1 Å². The molecule has 8 heteroatoms. The Morgan fingerprint density at radius 1 is 1.00 bits per heavy atom.